The van der Waals surface area contributed by atoms with Crippen LogP contribution in [0.15, 0.2) is 28.7 Å². The zero-order valence-corrected chi connectivity index (χ0v) is 14.7. The molecule has 21 heavy (non-hydrogen) atoms. The van der Waals surface area contributed by atoms with Gasteiger partial charge in [-0.3, -0.25) is 4.68 Å². The maximum absolute atomic E-state index is 10.9. The molecule has 0 fully saturated rings. The molecule has 0 aliphatic heterocycles. The predicted octanol–water partition coefficient (Wildman–Crippen LogP) is 3.99. The van der Waals surface area contributed by atoms with E-state index in [0.29, 0.717) is 6.42 Å². The molecule has 3 nitrogen and oxygen atoms in total. The number of hydrogen-bond acceptors (Lipinski definition) is 2. The zero-order valence-electron chi connectivity index (χ0n) is 13.2. The summed E-state index contributed by atoms with van der Waals surface area (Å²) in [7, 11) is 0. The van der Waals surface area contributed by atoms with Crippen LogP contribution < -0.4 is 0 Å². The van der Waals surface area contributed by atoms with Gasteiger partial charge in [-0.05, 0) is 48.7 Å². The monoisotopic (exact) mass is 350 g/mol. The van der Waals surface area contributed by atoms with Crippen molar-refractivity contribution in [2.75, 3.05) is 0 Å². The van der Waals surface area contributed by atoms with Gasteiger partial charge in [-0.25, -0.2) is 0 Å². The Bertz CT molecular complexity index is 614. The molecular weight excluding hydrogens is 328 g/mol. The van der Waals surface area contributed by atoms with Gasteiger partial charge in [-0.15, -0.1) is 0 Å². The van der Waals surface area contributed by atoms with Crippen LogP contribution in [0.25, 0.3) is 0 Å². The average molecular weight is 351 g/mol. The second-order valence-electron chi connectivity index (χ2n) is 5.69. The highest BCUT2D eigenvalue weighted by Gasteiger charge is 2.27. The van der Waals surface area contributed by atoms with E-state index in [1.165, 1.54) is 5.56 Å². The topological polar surface area (TPSA) is 38.0 Å². The first-order valence-corrected chi connectivity index (χ1v) is 8.22. The number of aromatic nitrogens is 2. The molecule has 0 aliphatic carbocycles. The summed E-state index contributed by atoms with van der Waals surface area (Å²) in [5, 5.41) is 15.5. The van der Waals surface area contributed by atoms with E-state index in [4.69, 9.17) is 0 Å². The Balaban J connectivity index is 2.36. The third kappa shape index (κ3) is 3.38. The lowest BCUT2D eigenvalue weighted by atomic mass is 9.90. The van der Waals surface area contributed by atoms with Gasteiger partial charge in [0.05, 0.1) is 21.5 Å². The second kappa shape index (κ2) is 6.32. The van der Waals surface area contributed by atoms with E-state index >= 15 is 0 Å². The second-order valence-corrected chi connectivity index (χ2v) is 6.49. The Morgan fingerprint density at radius 1 is 1.24 bits per heavy atom. The summed E-state index contributed by atoms with van der Waals surface area (Å²) in [6.45, 7) is 8.88. The van der Waals surface area contributed by atoms with Crippen molar-refractivity contribution >= 4 is 15.9 Å². The Hall–Kier alpha value is -1.13. The maximum atomic E-state index is 10.9. The number of aryl methyl sites for hydroxylation is 3. The molecular formula is C17H23BrN2O. The molecule has 0 amide bonds. The van der Waals surface area contributed by atoms with Crippen molar-refractivity contribution in [2.24, 2.45) is 0 Å². The summed E-state index contributed by atoms with van der Waals surface area (Å²) in [5.41, 5.74) is 3.32. The number of aliphatic hydroxyl groups is 1. The Kier molecular flexibility index (Phi) is 4.89. The molecule has 1 atom stereocenters. The van der Waals surface area contributed by atoms with Gasteiger partial charge in [0.25, 0.3) is 0 Å². The van der Waals surface area contributed by atoms with Crippen LogP contribution in [0.1, 0.15) is 43.3 Å². The van der Waals surface area contributed by atoms with Crippen LogP contribution in [0.5, 0.6) is 0 Å². The zero-order chi connectivity index (χ0) is 15.6. The van der Waals surface area contributed by atoms with Crippen LogP contribution in [0.4, 0.5) is 0 Å². The number of benzene rings is 1. The third-order valence-corrected chi connectivity index (χ3v) is 4.79. The van der Waals surface area contributed by atoms with Gasteiger partial charge >= 0.3 is 0 Å². The Labute approximate surface area is 135 Å². The predicted molar refractivity (Wildman–Crippen MR) is 89.4 cm³/mol. The standard InChI is InChI=1S/C17H23BrN2O/c1-5-14-16(18)15(20(6-2)19-14)11-17(4,21)13-9-7-12(3)8-10-13/h7-10,21H,5-6,11H2,1-4H3. The number of halogens is 1. The van der Waals surface area contributed by atoms with E-state index in [9.17, 15) is 5.11 Å². The lowest BCUT2D eigenvalue weighted by Crippen LogP contribution is -2.26. The maximum Gasteiger partial charge on any atom is 0.0924 e. The number of rotatable bonds is 5. The molecule has 1 heterocycles. The molecule has 0 saturated carbocycles. The van der Waals surface area contributed by atoms with Crippen molar-refractivity contribution < 1.29 is 5.11 Å². The smallest absolute Gasteiger partial charge is 0.0924 e. The van der Waals surface area contributed by atoms with Crippen LogP contribution >= 0.6 is 15.9 Å². The van der Waals surface area contributed by atoms with Crippen LogP contribution in [0.3, 0.4) is 0 Å². The first-order valence-electron chi connectivity index (χ1n) is 7.42. The molecule has 4 heteroatoms. The van der Waals surface area contributed by atoms with Crippen molar-refractivity contribution in [3.8, 4) is 0 Å². The van der Waals surface area contributed by atoms with E-state index < -0.39 is 5.60 Å². The summed E-state index contributed by atoms with van der Waals surface area (Å²) < 4.78 is 3.00. The van der Waals surface area contributed by atoms with E-state index in [0.717, 1.165) is 34.4 Å². The highest BCUT2D eigenvalue weighted by atomic mass is 79.9. The largest absolute Gasteiger partial charge is 0.385 e. The van der Waals surface area contributed by atoms with E-state index in [1.54, 1.807) is 0 Å². The molecule has 0 saturated heterocycles. The van der Waals surface area contributed by atoms with Gasteiger partial charge < -0.3 is 5.11 Å². The molecule has 0 bridgehead atoms. The summed E-state index contributed by atoms with van der Waals surface area (Å²) in [4.78, 5) is 0. The highest BCUT2D eigenvalue weighted by molar-refractivity contribution is 9.10. The lowest BCUT2D eigenvalue weighted by Gasteiger charge is -2.24. The van der Waals surface area contributed by atoms with Crippen molar-refractivity contribution in [3.05, 3.63) is 51.3 Å². The Morgan fingerprint density at radius 3 is 2.38 bits per heavy atom. The normalized spacial score (nSPS) is 14.2. The molecule has 0 aliphatic rings. The molecule has 1 unspecified atom stereocenters. The molecule has 1 aromatic heterocycles. The SMILES string of the molecule is CCc1nn(CC)c(CC(C)(O)c2ccc(C)cc2)c1Br. The summed E-state index contributed by atoms with van der Waals surface area (Å²) >= 11 is 3.65. The molecule has 2 rings (SSSR count). The van der Waals surface area contributed by atoms with Gasteiger partial charge in [0.15, 0.2) is 0 Å². The first-order chi connectivity index (χ1) is 9.89. The number of nitrogens with zero attached hydrogens (tertiary/aromatic N) is 2. The van der Waals surface area contributed by atoms with E-state index in [2.05, 4.69) is 41.8 Å². The first kappa shape index (κ1) is 16.2. The van der Waals surface area contributed by atoms with E-state index in [-0.39, 0.29) is 0 Å². The van der Waals surface area contributed by atoms with Gasteiger partial charge in [0.2, 0.25) is 0 Å². The van der Waals surface area contributed by atoms with Gasteiger partial charge in [0.1, 0.15) is 0 Å². The minimum Gasteiger partial charge on any atom is -0.385 e. The summed E-state index contributed by atoms with van der Waals surface area (Å²) in [6, 6.07) is 8.06. The van der Waals surface area contributed by atoms with Gasteiger partial charge in [0, 0.05) is 13.0 Å². The average Bonchev–Trinajstić information content (AvgIpc) is 2.75. The van der Waals surface area contributed by atoms with Crippen LogP contribution in [-0.2, 0) is 25.0 Å². The van der Waals surface area contributed by atoms with Crippen molar-refractivity contribution in [2.45, 2.75) is 52.7 Å². The Morgan fingerprint density at radius 2 is 1.86 bits per heavy atom. The summed E-state index contributed by atoms with van der Waals surface area (Å²) in [6.07, 6.45) is 1.42. The van der Waals surface area contributed by atoms with Crippen molar-refractivity contribution in [1.29, 1.82) is 0 Å². The fraction of sp³-hybridized carbons (Fsp3) is 0.471. The molecule has 1 N–H and O–H groups in total. The van der Waals surface area contributed by atoms with Crippen LogP contribution in [0, 0.1) is 6.92 Å². The summed E-state index contributed by atoms with van der Waals surface area (Å²) in [5.74, 6) is 0. The minimum absolute atomic E-state index is 0.539. The van der Waals surface area contributed by atoms with Crippen LogP contribution in [0.2, 0.25) is 0 Å². The molecule has 1 aromatic carbocycles. The third-order valence-electron chi connectivity index (χ3n) is 3.88. The van der Waals surface area contributed by atoms with Crippen molar-refractivity contribution in [3.63, 3.8) is 0 Å². The fourth-order valence-corrected chi connectivity index (χ4v) is 3.23. The fourth-order valence-electron chi connectivity index (χ4n) is 2.53. The van der Waals surface area contributed by atoms with Gasteiger partial charge in [-0.2, -0.15) is 5.10 Å². The lowest BCUT2D eigenvalue weighted by molar-refractivity contribution is 0.0552. The van der Waals surface area contributed by atoms with Crippen molar-refractivity contribution in [1.82, 2.24) is 9.78 Å². The molecule has 0 radical (unpaired) electrons. The molecule has 114 valence electrons. The number of hydrogen-bond donors (Lipinski definition) is 1. The molecule has 0 spiro atoms. The quantitative estimate of drug-likeness (QED) is 0.885. The highest BCUT2D eigenvalue weighted by Crippen LogP contribution is 2.31. The van der Waals surface area contributed by atoms with Crippen LogP contribution in [-0.4, -0.2) is 14.9 Å². The van der Waals surface area contributed by atoms with E-state index in [1.807, 2.05) is 35.9 Å². The molecule has 2 aromatic rings. The minimum atomic E-state index is -0.909. The van der Waals surface area contributed by atoms with Gasteiger partial charge in [-0.1, -0.05) is 36.8 Å².